The van der Waals surface area contributed by atoms with E-state index in [1.165, 1.54) is 14.0 Å². The van der Waals surface area contributed by atoms with Crippen molar-refractivity contribution in [2.45, 2.75) is 18.6 Å². The van der Waals surface area contributed by atoms with E-state index in [9.17, 15) is 4.39 Å². The second kappa shape index (κ2) is 3.85. The number of aliphatic hydroxyl groups is 2. The van der Waals surface area contributed by atoms with E-state index >= 15 is 0 Å². The van der Waals surface area contributed by atoms with E-state index in [4.69, 9.17) is 14.9 Å². The van der Waals surface area contributed by atoms with Gasteiger partial charge in [0.25, 0.3) is 0 Å². The molecule has 0 aliphatic carbocycles. The van der Waals surface area contributed by atoms with Gasteiger partial charge in [0, 0.05) is 7.11 Å². The maximum absolute atomic E-state index is 11.8. The normalized spacial score (nSPS) is 20.1. The molecule has 0 aromatic rings. The molecule has 0 aliphatic heterocycles. The smallest absolute Gasteiger partial charge is 0.118 e. The summed E-state index contributed by atoms with van der Waals surface area (Å²) >= 11 is 0. The zero-order chi connectivity index (χ0) is 8.20. The van der Waals surface area contributed by atoms with Crippen molar-refractivity contribution < 1.29 is 19.3 Å². The van der Waals surface area contributed by atoms with E-state index in [-0.39, 0.29) is 0 Å². The first-order valence-electron chi connectivity index (χ1n) is 3.00. The summed E-state index contributed by atoms with van der Waals surface area (Å²) in [5.41, 5.74) is -1.17. The van der Waals surface area contributed by atoms with Crippen molar-refractivity contribution in [1.82, 2.24) is 0 Å². The van der Waals surface area contributed by atoms with Crippen LogP contribution in [0.5, 0.6) is 0 Å². The Bertz CT molecular complexity index is 93.0. The fourth-order valence-corrected chi connectivity index (χ4v) is 0.469. The first kappa shape index (κ1) is 9.81. The summed E-state index contributed by atoms with van der Waals surface area (Å²) in [6, 6.07) is 0. The SMILES string of the molecule is CO[C@](C)(CO)[C@@H](O)CF. The van der Waals surface area contributed by atoms with Crippen molar-refractivity contribution in [3.63, 3.8) is 0 Å². The number of alkyl halides is 1. The predicted octanol–water partition coefficient (Wildman–Crippen LogP) is -0.286. The molecule has 2 N–H and O–H groups in total. The summed E-state index contributed by atoms with van der Waals surface area (Å²) in [6.45, 7) is 0.136. The van der Waals surface area contributed by atoms with Gasteiger partial charge < -0.3 is 14.9 Å². The first-order valence-corrected chi connectivity index (χ1v) is 3.00. The summed E-state index contributed by atoms with van der Waals surface area (Å²) in [5, 5.41) is 17.6. The third kappa shape index (κ3) is 1.90. The topological polar surface area (TPSA) is 49.7 Å². The molecule has 3 nitrogen and oxygen atoms in total. The zero-order valence-electron chi connectivity index (χ0n) is 6.17. The molecule has 10 heavy (non-hydrogen) atoms. The van der Waals surface area contributed by atoms with E-state index in [1.807, 2.05) is 0 Å². The van der Waals surface area contributed by atoms with Crippen LogP contribution >= 0.6 is 0 Å². The molecular formula is C6H13FO3. The standard InChI is InChI=1S/C6H13FO3/c1-6(4-8,10-2)5(9)3-7/h5,8-9H,3-4H2,1-2H3/t5-,6+/m0/s1. The highest BCUT2D eigenvalue weighted by molar-refractivity contribution is 4.82. The highest BCUT2D eigenvalue weighted by atomic mass is 19.1. The number of aliphatic hydroxyl groups excluding tert-OH is 2. The van der Waals surface area contributed by atoms with Gasteiger partial charge in [0.05, 0.1) is 6.61 Å². The Morgan fingerprint density at radius 2 is 2.20 bits per heavy atom. The van der Waals surface area contributed by atoms with Gasteiger partial charge in [0.1, 0.15) is 18.4 Å². The van der Waals surface area contributed by atoms with E-state index in [0.29, 0.717) is 0 Å². The molecule has 0 spiro atoms. The highest BCUT2D eigenvalue weighted by Crippen LogP contribution is 2.13. The average molecular weight is 152 g/mol. The summed E-state index contributed by atoms with van der Waals surface area (Å²) < 4.78 is 16.5. The lowest BCUT2D eigenvalue weighted by atomic mass is 10.0. The van der Waals surface area contributed by atoms with Crippen molar-refractivity contribution >= 4 is 0 Å². The van der Waals surface area contributed by atoms with Crippen LogP contribution in [0.1, 0.15) is 6.92 Å². The van der Waals surface area contributed by atoms with Crippen molar-refractivity contribution in [3.8, 4) is 0 Å². The van der Waals surface area contributed by atoms with Crippen LogP contribution in [0.15, 0.2) is 0 Å². The summed E-state index contributed by atoms with van der Waals surface area (Å²) in [6.07, 6.45) is -1.26. The highest BCUT2D eigenvalue weighted by Gasteiger charge is 2.32. The van der Waals surface area contributed by atoms with E-state index < -0.39 is 25.0 Å². The van der Waals surface area contributed by atoms with Crippen LogP contribution in [0.4, 0.5) is 4.39 Å². The Morgan fingerprint density at radius 3 is 2.30 bits per heavy atom. The molecule has 4 heteroatoms. The third-order valence-corrected chi connectivity index (χ3v) is 1.63. The predicted molar refractivity (Wildman–Crippen MR) is 34.5 cm³/mol. The lowest BCUT2D eigenvalue weighted by Gasteiger charge is -2.29. The zero-order valence-corrected chi connectivity index (χ0v) is 6.17. The molecule has 62 valence electrons. The number of ether oxygens (including phenoxy) is 1. The summed E-state index contributed by atoms with van der Waals surface area (Å²) in [4.78, 5) is 0. The molecule has 0 aliphatic rings. The van der Waals surface area contributed by atoms with Crippen LogP contribution in [0.25, 0.3) is 0 Å². The van der Waals surface area contributed by atoms with Crippen molar-refractivity contribution in [2.24, 2.45) is 0 Å². The van der Waals surface area contributed by atoms with Gasteiger partial charge in [-0.05, 0) is 6.92 Å². The van der Waals surface area contributed by atoms with Crippen LogP contribution in [0.3, 0.4) is 0 Å². The minimum absolute atomic E-state index is 0.394. The molecule has 0 bridgehead atoms. The van der Waals surface area contributed by atoms with E-state index in [2.05, 4.69) is 0 Å². The summed E-state index contributed by atoms with van der Waals surface area (Å²) in [5.74, 6) is 0. The Balaban J connectivity index is 4.02. The molecule has 2 atom stereocenters. The Hall–Kier alpha value is -0.190. The van der Waals surface area contributed by atoms with Crippen LogP contribution in [0, 0.1) is 0 Å². The Morgan fingerprint density at radius 1 is 1.70 bits per heavy atom. The molecule has 0 aromatic carbocycles. The maximum atomic E-state index is 11.8. The largest absolute Gasteiger partial charge is 0.393 e. The van der Waals surface area contributed by atoms with Crippen molar-refractivity contribution in [1.29, 1.82) is 0 Å². The maximum Gasteiger partial charge on any atom is 0.118 e. The molecular weight excluding hydrogens is 139 g/mol. The van der Waals surface area contributed by atoms with Crippen molar-refractivity contribution in [2.75, 3.05) is 20.4 Å². The Labute approximate surface area is 59.4 Å². The molecule has 0 aromatic heterocycles. The fraction of sp³-hybridized carbons (Fsp3) is 1.00. The van der Waals surface area contributed by atoms with Crippen LogP contribution in [0.2, 0.25) is 0 Å². The van der Waals surface area contributed by atoms with Gasteiger partial charge in [-0.15, -0.1) is 0 Å². The van der Waals surface area contributed by atoms with Gasteiger partial charge in [-0.3, -0.25) is 0 Å². The second-order valence-corrected chi connectivity index (χ2v) is 2.35. The van der Waals surface area contributed by atoms with Crippen LogP contribution in [-0.4, -0.2) is 42.3 Å². The van der Waals surface area contributed by atoms with Crippen molar-refractivity contribution in [3.05, 3.63) is 0 Å². The van der Waals surface area contributed by atoms with Gasteiger partial charge in [0.15, 0.2) is 0 Å². The molecule has 0 fully saturated rings. The van der Waals surface area contributed by atoms with Gasteiger partial charge >= 0.3 is 0 Å². The lowest BCUT2D eigenvalue weighted by molar-refractivity contribution is -0.122. The van der Waals surface area contributed by atoms with Crippen LogP contribution in [-0.2, 0) is 4.74 Å². The number of hydrogen-bond donors (Lipinski definition) is 2. The Kier molecular flexibility index (Phi) is 3.78. The lowest BCUT2D eigenvalue weighted by Crippen LogP contribution is -2.45. The average Bonchev–Trinajstić information content (AvgIpc) is 2.01. The van der Waals surface area contributed by atoms with Gasteiger partial charge in [0.2, 0.25) is 0 Å². The molecule has 0 amide bonds. The van der Waals surface area contributed by atoms with E-state index in [1.54, 1.807) is 0 Å². The molecule has 0 radical (unpaired) electrons. The monoisotopic (exact) mass is 152 g/mol. The fourth-order valence-electron chi connectivity index (χ4n) is 0.469. The first-order chi connectivity index (χ1) is 4.60. The number of methoxy groups -OCH3 is 1. The molecule has 0 rings (SSSR count). The van der Waals surface area contributed by atoms with E-state index in [0.717, 1.165) is 0 Å². The number of rotatable bonds is 4. The summed E-state index contributed by atoms with van der Waals surface area (Å²) in [7, 11) is 1.31. The van der Waals surface area contributed by atoms with Gasteiger partial charge in [-0.25, -0.2) is 4.39 Å². The minimum atomic E-state index is -1.26. The quantitative estimate of drug-likeness (QED) is 0.582. The minimum Gasteiger partial charge on any atom is -0.393 e. The van der Waals surface area contributed by atoms with Crippen LogP contribution < -0.4 is 0 Å². The second-order valence-electron chi connectivity index (χ2n) is 2.35. The molecule has 0 unspecified atom stereocenters. The number of hydrogen-bond acceptors (Lipinski definition) is 3. The third-order valence-electron chi connectivity index (χ3n) is 1.63. The molecule has 0 heterocycles. The van der Waals surface area contributed by atoms with Gasteiger partial charge in [-0.2, -0.15) is 0 Å². The van der Waals surface area contributed by atoms with Gasteiger partial charge in [-0.1, -0.05) is 0 Å². The molecule has 0 saturated carbocycles. The number of halogens is 1. The molecule has 0 saturated heterocycles.